The fourth-order valence-electron chi connectivity index (χ4n) is 0.936. The first-order chi connectivity index (χ1) is 5.22. The van der Waals surface area contributed by atoms with Gasteiger partial charge in [0.15, 0.2) is 0 Å². The van der Waals surface area contributed by atoms with Gasteiger partial charge in [0, 0.05) is 12.4 Å². The normalized spacial score (nSPS) is 9.55. The van der Waals surface area contributed by atoms with Crippen molar-refractivity contribution >= 4 is 11.9 Å². The lowest BCUT2D eigenvalue weighted by atomic mass is 10.3. The van der Waals surface area contributed by atoms with Crippen molar-refractivity contribution in [1.82, 2.24) is 4.57 Å². The highest BCUT2D eigenvalue weighted by Crippen LogP contribution is 2.01. The molecule has 0 N–H and O–H groups in total. The first-order valence-corrected chi connectivity index (χ1v) is 3.50. The van der Waals surface area contributed by atoms with Crippen LogP contribution in [0.4, 0.5) is 0 Å². The molecular weight excluding hydrogens is 138 g/mol. The Labute approximate surface area is 66.1 Å². The Morgan fingerprint density at radius 3 is 3.00 bits per heavy atom. The van der Waals surface area contributed by atoms with Crippen molar-refractivity contribution < 1.29 is 4.79 Å². The Balaban J connectivity index is 2.72. The quantitative estimate of drug-likeness (QED) is 0.641. The van der Waals surface area contributed by atoms with Gasteiger partial charge in [0.2, 0.25) is 0 Å². The van der Waals surface area contributed by atoms with Crippen LogP contribution in [0.3, 0.4) is 0 Å². The minimum absolute atomic E-state index is 0.163. The zero-order valence-electron chi connectivity index (χ0n) is 6.58. The summed E-state index contributed by atoms with van der Waals surface area (Å²) >= 11 is 0. The van der Waals surface area contributed by atoms with E-state index in [0.29, 0.717) is 6.54 Å². The number of hydrogen-bond donors (Lipinski definition) is 0. The van der Waals surface area contributed by atoms with E-state index in [1.54, 1.807) is 13.0 Å². The number of nitrogens with zero attached hydrogens (tertiary/aromatic N) is 1. The fraction of sp³-hybridized carbons (Fsp3) is 0.222. The van der Waals surface area contributed by atoms with Gasteiger partial charge in [0.1, 0.15) is 5.78 Å². The van der Waals surface area contributed by atoms with E-state index in [0.717, 1.165) is 5.56 Å². The third-order valence-corrected chi connectivity index (χ3v) is 1.41. The second-order valence-corrected chi connectivity index (χ2v) is 2.52. The molecule has 0 saturated heterocycles. The molecule has 1 aromatic heterocycles. The summed E-state index contributed by atoms with van der Waals surface area (Å²) in [5.41, 5.74) is 1.05. The third-order valence-electron chi connectivity index (χ3n) is 1.41. The number of hydrogen-bond acceptors (Lipinski definition) is 1. The van der Waals surface area contributed by atoms with E-state index < -0.39 is 0 Å². The van der Waals surface area contributed by atoms with Gasteiger partial charge in [-0.3, -0.25) is 4.79 Å². The van der Waals surface area contributed by atoms with Crippen molar-refractivity contribution in [1.29, 1.82) is 0 Å². The maximum absolute atomic E-state index is 10.7. The first kappa shape index (κ1) is 7.79. The van der Waals surface area contributed by atoms with Crippen molar-refractivity contribution in [2.24, 2.45) is 0 Å². The van der Waals surface area contributed by atoms with Crippen molar-refractivity contribution in [2.75, 3.05) is 0 Å². The van der Waals surface area contributed by atoms with Gasteiger partial charge < -0.3 is 4.57 Å². The van der Waals surface area contributed by atoms with Crippen LogP contribution in [0.25, 0.3) is 6.08 Å². The topological polar surface area (TPSA) is 22.0 Å². The molecule has 2 nitrogen and oxygen atoms in total. The molecule has 0 fully saturated rings. The monoisotopic (exact) mass is 149 g/mol. The molecule has 2 heteroatoms. The molecule has 58 valence electrons. The molecule has 0 aromatic carbocycles. The summed E-state index contributed by atoms with van der Waals surface area (Å²) in [6.07, 6.45) is 5.53. The second kappa shape index (κ2) is 3.19. The van der Waals surface area contributed by atoms with Crippen LogP contribution in [0.1, 0.15) is 12.5 Å². The number of carbonyl (C=O) groups excluding carboxylic acids is 1. The standard InChI is InChI=1S/C9H11NO/c1-3-9-4-5-10(7-9)6-8(2)11/h3-5,7H,1,6H2,2H3. The smallest absolute Gasteiger partial charge is 0.149 e. The van der Waals surface area contributed by atoms with Crippen LogP contribution in [0.2, 0.25) is 0 Å². The third kappa shape index (κ3) is 2.08. The molecule has 1 heterocycles. The second-order valence-electron chi connectivity index (χ2n) is 2.52. The molecule has 11 heavy (non-hydrogen) atoms. The summed E-state index contributed by atoms with van der Waals surface area (Å²) < 4.78 is 1.85. The lowest BCUT2D eigenvalue weighted by molar-refractivity contribution is -0.117. The molecule has 0 unspecified atom stereocenters. The molecule has 0 aliphatic rings. The van der Waals surface area contributed by atoms with Crippen LogP contribution in [0, 0.1) is 0 Å². The molecular formula is C9H11NO. The van der Waals surface area contributed by atoms with Crippen molar-refractivity contribution in [3.63, 3.8) is 0 Å². The molecule has 0 aliphatic carbocycles. The number of carbonyl (C=O) groups is 1. The van der Waals surface area contributed by atoms with Gasteiger partial charge in [-0.05, 0) is 18.6 Å². The fourth-order valence-corrected chi connectivity index (χ4v) is 0.936. The van der Waals surface area contributed by atoms with E-state index in [4.69, 9.17) is 0 Å². The Morgan fingerprint density at radius 1 is 1.82 bits per heavy atom. The number of rotatable bonds is 3. The molecule has 0 amide bonds. The van der Waals surface area contributed by atoms with Gasteiger partial charge >= 0.3 is 0 Å². The molecule has 1 rings (SSSR count). The first-order valence-electron chi connectivity index (χ1n) is 3.50. The highest BCUT2D eigenvalue weighted by atomic mass is 16.1. The summed E-state index contributed by atoms with van der Waals surface area (Å²) in [5.74, 6) is 0.163. The Kier molecular flexibility index (Phi) is 2.26. The van der Waals surface area contributed by atoms with Gasteiger partial charge in [-0.2, -0.15) is 0 Å². The summed E-state index contributed by atoms with van der Waals surface area (Å²) in [6, 6.07) is 1.93. The molecule has 0 saturated carbocycles. The number of Topliss-reactive ketones (excluding diaryl/α,β-unsaturated/α-hetero) is 1. The molecule has 0 atom stereocenters. The van der Waals surface area contributed by atoms with Crippen molar-refractivity contribution in [3.8, 4) is 0 Å². The highest BCUT2D eigenvalue weighted by molar-refractivity contribution is 5.75. The molecule has 0 spiro atoms. The molecule has 0 bridgehead atoms. The number of ketones is 1. The summed E-state index contributed by atoms with van der Waals surface area (Å²) in [7, 11) is 0. The average molecular weight is 149 g/mol. The molecule has 1 aromatic rings. The van der Waals surface area contributed by atoms with E-state index >= 15 is 0 Å². The number of aromatic nitrogens is 1. The lowest BCUT2D eigenvalue weighted by Gasteiger charge is -1.95. The van der Waals surface area contributed by atoms with Crippen LogP contribution in [-0.2, 0) is 11.3 Å². The van der Waals surface area contributed by atoms with Gasteiger partial charge in [0.25, 0.3) is 0 Å². The van der Waals surface area contributed by atoms with Crippen LogP contribution in [0.5, 0.6) is 0 Å². The highest BCUT2D eigenvalue weighted by Gasteiger charge is 1.95. The van der Waals surface area contributed by atoms with Crippen LogP contribution < -0.4 is 0 Å². The lowest BCUT2D eigenvalue weighted by Crippen LogP contribution is -2.02. The van der Waals surface area contributed by atoms with E-state index in [9.17, 15) is 4.79 Å². The minimum Gasteiger partial charge on any atom is -0.346 e. The van der Waals surface area contributed by atoms with Crippen LogP contribution in [0.15, 0.2) is 25.0 Å². The average Bonchev–Trinajstić information content (AvgIpc) is 2.34. The van der Waals surface area contributed by atoms with Crippen molar-refractivity contribution in [3.05, 3.63) is 30.6 Å². The zero-order chi connectivity index (χ0) is 8.27. The Hall–Kier alpha value is -1.31. The zero-order valence-corrected chi connectivity index (χ0v) is 6.58. The van der Waals surface area contributed by atoms with Gasteiger partial charge in [-0.1, -0.05) is 12.7 Å². The maximum Gasteiger partial charge on any atom is 0.149 e. The SMILES string of the molecule is C=Cc1ccn(CC(C)=O)c1. The van der Waals surface area contributed by atoms with Gasteiger partial charge in [-0.15, -0.1) is 0 Å². The molecule has 0 radical (unpaired) electrons. The summed E-state index contributed by atoms with van der Waals surface area (Å²) in [6.45, 7) is 5.65. The Morgan fingerprint density at radius 2 is 2.55 bits per heavy atom. The van der Waals surface area contributed by atoms with E-state index in [2.05, 4.69) is 6.58 Å². The predicted molar refractivity (Wildman–Crippen MR) is 45.2 cm³/mol. The minimum atomic E-state index is 0.163. The van der Waals surface area contributed by atoms with E-state index in [-0.39, 0.29) is 5.78 Å². The van der Waals surface area contributed by atoms with Crippen molar-refractivity contribution in [2.45, 2.75) is 13.5 Å². The van der Waals surface area contributed by atoms with Gasteiger partial charge in [-0.25, -0.2) is 0 Å². The van der Waals surface area contributed by atoms with Gasteiger partial charge in [0.05, 0.1) is 6.54 Å². The predicted octanol–water partition coefficient (Wildman–Crippen LogP) is 1.72. The largest absolute Gasteiger partial charge is 0.346 e. The Bertz CT molecular complexity index is 273. The van der Waals surface area contributed by atoms with Crippen LogP contribution in [-0.4, -0.2) is 10.4 Å². The summed E-state index contributed by atoms with van der Waals surface area (Å²) in [5, 5.41) is 0. The molecule has 0 aliphatic heterocycles. The summed E-state index contributed by atoms with van der Waals surface area (Å²) in [4.78, 5) is 10.7. The maximum atomic E-state index is 10.7. The van der Waals surface area contributed by atoms with E-state index in [1.807, 2.05) is 23.0 Å². The van der Waals surface area contributed by atoms with E-state index in [1.165, 1.54) is 0 Å². The van der Waals surface area contributed by atoms with Crippen LogP contribution >= 0.6 is 0 Å².